The number of carbonyl (C=O) groups excluding carboxylic acids is 2. The van der Waals surface area contributed by atoms with E-state index in [4.69, 9.17) is 0 Å². The average molecular weight is 312 g/mol. The number of rotatable bonds is 5. The van der Waals surface area contributed by atoms with Gasteiger partial charge in [0, 0.05) is 25.2 Å². The molecular formula is C15H22ClN3O2. The lowest BCUT2D eigenvalue weighted by molar-refractivity contribution is -0.133. The third-order valence-corrected chi connectivity index (χ3v) is 3.34. The Labute approximate surface area is 131 Å². The summed E-state index contributed by atoms with van der Waals surface area (Å²) in [4.78, 5) is 25.2. The Hall–Kier alpha value is -1.59. The van der Waals surface area contributed by atoms with Gasteiger partial charge < -0.3 is 15.5 Å². The first-order valence-corrected chi connectivity index (χ1v) is 7.00. The summed E-state index contributed by atoms with van der Waals surface area (Å²) in [7, 11) is 1.73. The van der Waals surface area contributed by atoms with Crippen LogP contribution in [0.1, 0.15) is 24.8 Å². The number of benzene rings is 1. The Morgan fingerprint density at radius 1 is 1.33 bits per heavy atom. The minimum Gasteiger partial charge on any atom is -0.338 e. The fraction of sp³-hybridized carbons (Fsp3) is 0.467. The molecule has 1 aromatic rings. The molecule has 1 aliphatic rings. The second-order valence-electron chi connectivity index (χ2n) is 5.05. The van der Waals surface area contributed by atoms with Crippen molar-refractivity contribution in [2.24, 2.45) is 0 Å². The van der Waals surface area contributed by atoms with Crippen LogP contribution in [0.4, 0.5) is 5.69 Å². The zero-order valence-electron chi connectivity index (χ0n) is 12.2. The number of carbonyl (C=O) groups is 2. The maximum absolute atomic E-state index is 11.8. The van der Waals surface area contributed by atoms with Crippen LogP contribution >= 0.6 is 12.4 Å². The van der Waals surface area contributed by atoms with Crippen LogP contribution < -0.4 is 10.6 Å². The molecule has 1 aromatic carbocycles. The van der Waals surface area contributed by atoms with E-state index in [0.29, 0.717) is 13.0 Å². The molecule has 0 bridgehead atoms. The van der Waals surface area contributed by atoms with Gasteiger partial charge in [-0.2, -0.15) is 0 Å². The van der Waals surface area contributed by atoms with Gasteiger partial charge in [-0.05, 0) is 37.6 Å². The van der Waals surface area contributed by atoms with Gasteiger partial charge in [-0.15, -0.1) is 12.4 Å². The molecule has 1 heterocycles. The van der Waals surface area contributed by atoms with Gasteiger partial charge in [0.15, 0.2) is 0 Å². The van der Waals surface area contributed by atoms with E-state index in [1.165, 1.54) is 0 Å². The third-order valence-electron chi connectivity index (χ3n) is 3.34. The van der Waals surface area contributed by atoms with Gasteiger partial charge in [-0.25, -0.2) is 0 Å². The molecule has 1 aliphatic heterocycles. The molecule has 21 heavy (non-hydrogen) atoms. The van der Waals surface area contributed by atoms with Crippen molar-refractivity contribution >= 4 is 29.9 Å². The summed E-state index contributed by atoms with van der Waals surface area (Å²) in [5.41, 5.74) is 1.81. The van der Waals surface area contributed by atoms with Crippen molar-refractivity contribution in [2.45, 2.75) is 25.8 Å². The summed E-state index contributed by atoms with van der Waals surface area (Å²) in [6.45, 7) is 1.73. The van der Waals surface area contributed by atoms with Crippen LogP contribution in [0.2, 0.25) is 0 Å². The van der Waals surface area contributed by atoms with E-state index in [2.05, 4.69) is 10.6 Å². The molecule has 0 aliphatic carbocycles. The highest BCUT2D eigenvalue weighted by atomic mass is 35.5. The van der Waals surface area contributed by atoms with Crippen molar-refractivity contribution in [1.82, 2.24) is 10.2 Å². The normalized spacial score (nSPS) is 14.5. The summed E-state index contributed by atoms with van der Waals surface area (Å²) in [5, 5.41) is 5.64. The van der Waals surface area contributed by atoms with Crippen LogP contribution in [0.25, 0.3) is 0 Å². The number of nitrogens with zero attached hydrogens (tertiary/aromatic N) is 1. The molecule has 1 saturated heterocycles. The maximum atomic E-state index is 11.8. The summed E-state index contributed by atoms with van der Waals surface area (Å²) in [5.74, 6) is 0.152. The van der Waals surface area contributed by atoms with Gasteiger partial charge in [0.25, 0.3) is 0 Å². The lowest BCUT2D eigenvalue weighted by atomic mass is 10.1. The molecule has 2 rings (SSSR count). The topological polar surface area (TPSA) is 61.4 Å². The Kier molecular flexibility index (Phi) is 7.19. The van der Waals surface area contributed by atoms with Gasteiger partial charge in [-0.3, -0.25) is 9.59 Å². The van der Waals surface area contributed by atoms with Crippen LogP contribution in [0, 0.1) is 0 Å². The fourth-order valence-corrected chi connectivity index (χ4v) is 2.36. The Morgan fingerprint density at radius 2 is 2.14 bits per heavy atom. The predicted molar refractivity (Wildman–Crippen MR) is 85.5 cm³/mol. The molecule has 1 fully saturated rings. The Bertz CT molecular complexity index is 494. The van der Waals surface area contributed by atoms with Crippen molar-refractivity contribution in [2.75, 3.05) is 25.5 Å². The second-order valence-corrected chi connectivity index (χ2v) is 5.05. The molecule has 0 spiro atoms. The Balaban J connectivity index is 0.00000220. The molecule has 0 aromatic heterocycles. The number of nitrogens with one attached hydrogen (secondary N) is 2. The maximum Gasteiger partial charge on any atom is 0.238 e. The molecular weight excluding hydrogens is 290 g/mol. The van der Waals surface area contributed by atoms with Gasteiger partial charge in [0.2, 0.25) is 11.8 Å². The van der Waals surface area contributed by atoms with Crippen LogP contribution in [-0.2, 0) is 16.1 Å². The summed E-state index contributed by atoms with van der Waals surface area (Å²) < 4.78 is 0. The lowest BCUT2D eigenvalue weighted by Crippen LogP contribution is -2.34. The van der Waals surface area contributed by atoms with Crippen LogP contribution in [0.15, 0.2) is 24.3 Å². The van der Waals surface area contributed by atoms with Gasteiger partial charge in [0.05, 0.1) is 6.54 Å². The number of likely N-dealkylation sites (tertiary alicyclic amines) is 1. The standard InChI is InChI=1S/C15H21N3O2.ClH/c1-16-10-14(19)17-13-6-4-5-12(9-13)11-18-8-3-2-7-15(18)20;/h4-6,9,16H,2-3,7-8,10-11H2,1H3,(H,17,19);1H. The fourth-order valence-electron chi connectivity index (χ4n) is 2.36. The van der Waals surface area contributed by atoms with Crippen molar-refractivity contribution in [1.29, 1.82) is 0 Å². The smallest absolute Gasteiger partial charge is 0.238 e. The SMILES string of the molecule is CNCC(=O)Nc1cccc(CN2CCCCC2=O)c1.Cl. The first-order valence-electron chi connectivity index (χ1n) is 7.00. The molecule has 0 unspecified atom stereocenters. The molecule has 6 heteroatoms. The van der Waals surface area contributed by atoms with Crippen LogP contribution in [0.3, 0.4) is 0 Å². The average Bonchev–Trinajstić information content (AvgIpc) is 2.42. The predicted octanol–water partition coefficient (Wildman–Crippen LogP) is 1.78. The molecule has 2 N–H and O–H groups in total. The van der Waals surface area contributed by atoms with Gasteiger partial charge in [-0.1, -0.05) is 12.1 Å². The molecule has 0 saturated carbocycles. The number of piperidine rings is 1. The van der Waals surface area contributed by atoms with Crippen molar-refractivity contribution < 1.29 is 9.59 Å². The third kappa shape index (κ3) is 5.36. The zero-order chi connectivity index (χ0) is 14.4. The van der Waals surface area contributed by atoms with E-state index in [1.807, 2.05) is 29.2 Å². The molecule has 5 nitrogen and oxygen atoms in total. The highest BCUT2D eigenvalue weighted by molar-refractivity contribution is 5.92. The number of anilines is 1. The quantitative estimate of drug-likeness (QED) is 0.871. The molecule has 116 valence electrons. The molecule has 2 amide bonds. The first kappa shape index (κ1) is 17.5. The number of halogens is 1. The van der Waals surface area contributed by atoms with E-state index in [-0.39, 0.29) is 30.8 Å². The first-order chi connectivity index (χ1) is 9.69. The monoisotopic (exact) mass is 311 g/mol. The number of likely N-dealkylation sites (N-methyl/N-ethyl adjacent to an activating group) is 1. The number of hydrogen-bond acceptors (Lipinski definition) is 3. The largest absolute Gasteiger partial charge is 0.338 e. The van der Waals surface area contributed by atoms with Crippen LogP contribution in [-0.4, -0.2) is 36.9 Å². The zero-order valence-corrected chi connectivity index (χ0v) is 13.0. The van der Waals surface area contributed by atoms with Crippen molar-refractivity contribution in [3.63, 3.8) is 0 Å². The number of hydrogen-bond donors (Lipinski definition) is 2. The second kappa shape index (κ2) is 8.64. The van der Waals surface area contributed by atoms with Crippen molar-refractivity contribution in [3.05, 3.63) is 29.8 Å². The Morgan fingerprint density at radius 3 is 2.86 bits per heavy atom. The van der Waals surface area contributed by atoms with E-state index >= 15 is 0 Å². The minimum atomic E-state index is -0.0706. The lowest BCUT2D eigenvalue weighted by Gasteiger charge is -2.26. The number of amides is 2. The molecule has 0 atom stereocenters. The molecule has 0 radical (unpaired) electrons. The van der Waals surface area contributed by atoms with Crippen LogP contribution in [0.5, 0.6) is 0 Å². The highest BCUT2D eigenvalue weighted by Crippen LogP contribution is 2.17. The minimum absolute atomic E-state index is 0. The summed E-state index contributed by atoms with van der Waals surface area (Å²) in [6.07, 6.45) is 2.72. The van der Waals surface area contributed by atoms with Crippen molar-refractivity contribution in [3.8, 4) is 0 Å². The van der Waals surface area contributed by atoms with E-state index < -0.39 is 0 Å². The van der Waals surface area contributed by atoms with Gasteiger partial charge >= 0.3 is 0 Å². The summed E-state index contributed by atoms with van der Waals surface area (Å²) >= 11 is 0. The van der Waals surface area contributed by atoms with Gasteiger partial charge in [0.1, 0.15) is 0 Å². The highest BCUT2D eigenvalue weighted by Gasteiger charge is 2.17. The van der Waals surface area contributed by atoms with E-state index in [9.17, 15) is 9.59 Å². The summed E-state index contributed by atoms with van der Waals surface area (Å²) in [6, 6.07) is 7.67. The van der Waals surface area contributed by atoms with E-state index in [1.54, 1.807) is 7.05 Å². The van der Waals surface area contributed by atoms with E-state index in [0.717, 1.165) is 30.6 Å².